The summed E-state index contributed by atoms with van der Waals surface area (Å²) in [6.07, 6.45) is 1.02. The number of hydrogen-bond donors (Lipinski definition) is 0. The molecule has 2 heterocycles. The minimum absolute atomic E-state index is 0.346. The van der Waals surface area contributed by atoms with Gasteiger partial charge in [0.05, 0.1) is 25.6 Å². The van der Waals surface area contributed by atoms with E-state index in [2.05, 4.69) is 84.4 Å². The molecular weight excluding hydrogens is 412 g/mol. The SMILES string of the molecule is COc1cccc(C2CCN(c3ccc(OC)nc3-c3ccc(N(C)C)cc3)CCN2C)c1. The van der Waals surface area contributed by atoms with Gasteiger partial charge in [0, 0.05) is 57.1 Å². The van der Waals surface area contributed by atoms with Gasteiger partial charge in [-0.3, -0.25) is 4.90 Å². The summed E-state index contributed by atoms with van der Waals surface area (Å²) in [5.74, 6) is 1.54. The van der Waals surface area contributed by atoms with Crippen LogP contribution in [0.1, 0.15) is 18.0 Å². The number of pyridine rings is 1. The molecule has 0 saturated carbocycles. The minimum atomic E-state index is 0.346. The summed E-state index contributed by atoms with van der Waals surface area (Å²) in [5.41, 5.74) is 5.67. The van der Waals surface area contributed by atoms with Crippen LogP contribution in [0.5, 0.6) is 11.6 Å². The Morgan fingerprint density at radius 1 is 0.909 bits per heavy atom. The number of likely N-dealkylation sites (N-methyl/N-ethyl adjacent to an activating group) is 1. The van der Waals surface area contributed by atoms with Crippen LogP contribution in [0.25, 0.3) is 11.3 Å². The van der Waals surface area contributed by atoms with Crippen LogP contribution in [0.4, 0.5) is 11.4 Å². The Labute approximate surface area is 197 Å². The van der Waals surface area contributed by atoms with E-state index < -0.39 is 0 Å². The zero-order chi connectivity index (χ0) is 23.4. The number of methoxy groups -OCH3 is 2. The van der Waals surface area contributed by atoms with Crippen LogP contribution in [0.3, 0.4) is 0 Å². The average Bonchev–Trinajstić information content (AvgIpc) is 3.05. The van der Waals surface area contributed by atoms with Crippen molar-refractivity contribution in [1.29, 1.82) is 0 Å². The van der Waals surface area contributed by atoms with E-state index in [0.717, 1.165) is 48.7 Å². The second kappa shape index (κ2) is 10.1. The molecule has 2 aromatic carbocycles. The van der Waals surface area contributed by atoms with Crippen LogP contribution in [0.2, 0.25) is 0 Å². The van der Waals surface area contributed by atoms with Crippen molar-refractivity contribution >= 4 is 11.4 Å². The van der Waals surface area contributed by atoms with Gasteiger partial charge in [-0.05, 0) is 49.4 Å². The molecule has 1 aliphatic heterocycles. The highest BCUT2D eigenvalue weighted by atomic mass is 16.5. The Balaban J connectivity index is 1.63. The first-order valence-corrected chi connectivity index (χ1v) is 11.4. The van der Waals surface area contributed by atoms with Gasteiger partial charge in [0.25, 0.3) is 0 Å². The smallest absolute Gasteiger partial charge is 0.213 e. The molecule has 1 fully saturated rings. The number of anilines is 2. The lowest BCUT2D eigenvalue weighted by Crippen LogP contribution is -2.30. The van der Waals surface area contributed by atoms with Gasteiger partial charge in [0.15, 0.2) is 0 Å². The van der Waals surface area contributed by atoms with Crippen molar-refractivity contribution < 1.29 is 9.47 Å². The van der Waals surface area contributed by atoms with Gasteiger partial charge in [0.2, 0.25) is 5.88 Å². The van der Waals surface area contributed by atoms with E-state index in [4.69, 9.17) is 14.5 Å². The second-order valence-electron chi connectivity index (χ2n) is 8.71. The lowest BCUT2D eigenvalue weighted by molar-refractivity contribution is 0.258. The maximum atomic E-state index is 5.46. The number of hydrogen-bond acceptors (Lipinski definition) is 6. The molecule has 174 valence electrons. The third-order valence-electron chi connectivity index (χ3n) is 6.46. The molecule has 1 unspecified atom stereocenters. The number of ether oxygens (including phenoxy) is 2. The highest BCUT2D eigenvalue weighted by Gasteiger charge is 2.25. The normalized spacial score (nSPS) is 16.9. The third-order valence-corrected chi connectivity index (χ3v) is 6.46. The van der Waals surface area contributed by atoms with Gasteiger partial charge in [-0.25, -0.2) is 4.98 Å². The molecule has 3 aromatic rings. The summed E-state index contributed by atoms with van der Waals surface area (Å²) < 4.78 is 10.9. The van der Waals surface area contributed by atoms with Crippen LogP contribution in [-0.2, 0) is 0 Å². The number of benzene rings is 2. The van der Waals surface area contributed by atoms with E-state index >= 15 is 0 Å². The fraction of sp³-hybridized carbons (Fsp3) is 0.370. The monoisotopic (exact) mass is 446 g/mol. The van der Waals surface area contributed by atoms with Gasteiger partial charge in [-0.2, -0.15) is 0 Å². The van der Waals surface area contributed by atoms with E-state index in [1.165, 1.54) is 11.3 Å². The van der Waals surface area contributed by atoms with Gasteiger partial charge < -0.3 is 19.3 Å². The first-order valence-electron chi connectivity index (χ1n) is 11.4. The predicted molar refractivity (Wildman–Crippen MR) is 136 cm³/mol. The second-order valence-corrected chi connectivity index (χ2v) is 8.71. The van der Waals surface area contributed by atoms with Gasteiger partial charge in [-0.1, -0.05) is 24.3 Å². The summed E-state index contributed by atoms with van der Waals surface area (Å²) in [5, 5.41) is 0. The molecule has 1 saturated heterocycles. The van der Waals surface area contributed by atoms with Crippen LogP contribution < -0.4 is 19.3 Å². The third kappa shape index (κ3) is 5.06. The molecule has 33 heavy (non-hydrogen) atoms. The molecule has 0 aliphatic carbocycles. The van der Waals surface area contributed by atoms with Gasteiger partial charge in [0.1, 0.15) is 5.75 Å². The van der Waals surface area contributed by atoms with Crippen LogP contribution in [-0.4, -0.2) is 64.9 Å². The molecule has 0 radical (unpaired) electrons. The fourth-order valence-electron chi connectivity index (χ4n) is 4.49. The number of aromatic nitrogens is 1. The molecule has 1 aliphatic rings. The molecule has 6 nitrogen and oxygen atoms in total. The summed E-state index contributed by atoms with van der Waals surface area (Å²) in [7, 11) is 9.70. The first kappa shape index (κ1) is 22.9. The standard InChI is InChI=1S/C27H34N4O2/c1-29(2)22-11-9-20(10-12-22)27-25(13-14-26(28-27)33-5)31-16-15-24(30(3)17-18-31)21-7-6-8-23(19-21)32-4/h6-14,19,24H,15-18H2,1-5H3. The van der Waals surface area contributed by atoms with Crippen LogP contribution in [0, 0.1) is 0 Å². The Bertz CT molecular complexity index is 1070. The molecule has 0 spiro atoms. The Hall–Kier alpha value is -3.25. The summed E-state index contributed by atoms with van der Waals surface area (Å²) in [4.78, 5) is 11.9. The predicted octanol–water partition coefficient (Wildman–Crippen LogP) is 4.72. The molecule has 4 rings (SSSR count). The molecule has 1 atom stereocenters. The highest BCUT2D eigenvalue weighted by Crippen LogP contribution is 2.35. The molecule has 0 amide bonds. The van der Waals surface area contributed by atoms with Crippen molar-refractivity contribution in [3.8, 4) is 22.9 Å². The van der Waals surface area contributed by atoms with E-state index in [1.807, 2.05) is 12.1 Å². The van der Waals surface area contributed by atoms with Crippen molar-refractivity contribution in [2.75, 3.05) is 64.8 Å². The van der Waals surface area contributed by atoms with Crippen molar-refractivity contribution in [2.24, 2.45) is 0 Å². The number of nitrogens with zero attached hydrogens (tertiary/aromatic N) is 4. The zero-order valence-electron chi connectivity index (χ0n) is 20.3. The lowest BCUT2D eigenvalue weighted by atomic mass is 10.0. The maximum absolute atomic E-state index is 5.46. The Kier molecular flexibility index (Phi) is 7.04. The molecule has 0 bridgehead atoms. The van der Waals surface area contributed by atoms with Crippen molar-refractivity contribution in [3.63, 3.8) is 0 Å². The summed E-state index contributed by atoms with van der Waals surface area (Å²) in [6.45, 7) is 2.85. The quantitative estimate of drug-likeness (QED) is 0.546. The summed E-state index contributed by atoms with van der Waals surface area (Å²) >= 11 is 0. The lowest BCUT2D eigenvalue weighted by Gasteiger charge is -2.25. The van der Waals surface area contributed by atoms with E-state index in [9.17, 15) is 0 Å². The number of rotatable bonds is 6. The Morgan fingerprint density at radius 3 is 2.39 bits per heavy atom. The minimum Gasteiger partial charge on any atom is -0.497 e. The maximum Gasteiger partial charge on any atom is 0.213 e. The molecule has 6 heteroatoms. The topological polar surface area (TPSA) is 41.1 Å². The fourth-order valence-corrected chi connectivity index (χ4v) is 4.49. The average molecular weight is 447 g/mol. The molecule has 0 N–H and O–H groups in total. The van der Waals surface area contributed by atoms with Gasteiger partial charge >= 0.3 is 0 Å². The zero-order valence-corrected chi connectivity index (χ0v) is 20.3. The highest BCUT2D eigenvalue weighted by molar-refractivity contribution is 5.77. The molecule has 1 aromatic heterocycles. The van der Waals surface area contributed by atoms with E-state index in [-0.39, 0.29) is 0 Å². The largest absolute Gasteiger partial charge is 0.497 e. The van der Waals surface area contributed by atoms with Crippen molar-refractivity contribution in [1.82, 2.24) is 9.88 Å². The first-order chi connectivity index (χ1) is 16.0. The summed E-state index contributed by atoms with van der Waals surface area (Å²) in [6, 6.07) is 21.4. The van der Waals surface area contributed by atoms with Crippen molar-refractivity contribution in [3.05, 3.63) is 66.2 Å². The Morgan fingerprint density at radius 2 is 1.70 bits per heavy atom. The molecular formula is C27H34N4O2. The van der Waals surface area contributed by atoms with Crippen LogP contribution >= 0.6 is 0 Å². The van der Waals surface area contributed by atoms with Crippen LogP contribution in [0.15, 0.2) is 60.7 Å². The van der Waals surface area contributed by atoms with E-state index in [0.29, 0.717) is 11.9 Å². The van der Waals surface area contributed by atoms with Gasteiger partial charge in [-0.15, -0.1) is 0 Å². The van der Waals surface area contributed by atoms with E-state index in [1.54, 1.807) is 14.2 Å². The van der Waals surface area contributed by atoms with Crippen molar-refractivity contribution in [2.45, 2.75) is 12.5 Å².